The molecule has 2 rings (SSSR count). The van der Waals surface area contributed by atoms with E-state index in [0.717, 1.165) is 25.2 Å². The molecule has 20 heavy (non-hydrogen) atoms. The molecule has 2 aliphatic carbocycles. The lowest BCUT2D eigenvalue weighted by Gasteiger charge is -2.17. The number of aliphatic carboxylic acids is 1. The van der Waals surface area contributed by atoms with Crippen molar-refractivity contribution >= 4 is 12.0 Å². The van der Waals surface area contributed by atoms with Crippen LogP contribution in [-0.4, -0.2) is 29.7 Å². The smallest absolute Gasteiger partial charge is 0.315 e. The van der Waals surface area contributed by atoms with Crippen LogP contribution in [0.1, 0.15) is 57.8 Å². The lowest BCUT2D eigenvalue weighted by atomic mass is 10.0. The van der Waals surface area contributed by atoms with Gasteiger partial charge in [0.2, 0.25) is 0 Å². The van der Waals surface area contributed by atoms with Crippen LogP contribution in [0.5, 0.6) is 0 Å². The zero-order valence-corrected chi connectivity index (χ0v) is 12.1. The van der Waals surface area contributed by atoms with Crippen molar-refractivity contribution in [2.24, 2.45) is 11.8 Å². The topological polar surface area (TPSA) is 78.4 Å². The molecule has 5 heteroatoms. The molecule has 2 fully saturated rings. The van der Waals surface area contributed by atoms with Gasteiger partial charge in [0.05, 0.1) is 6.42 Å². The molecule has 2 amide bonds. The number of carbonyl (C=O) groups excluding carboxylic acids is 1. The van der Waals surface area contributed by atoms with Crippen LogP contribution in [0.25, 0.3) is 0 Å². The van der Waals surface area contributed by atoms with Crippen molar-refractivity contribution in [1.29, 1.82) is 0 Å². The zero-order chi connectivity index (χ0) is 14.4. The molecule has 114 valence electrons. The minimum atomic E-state index is -0.844. The molecule has 2 saturated carbocycles. The molecule has 0 aromatic heterocycles. The summed E-state index contributed by atoms with van der Waals surface area (Å²) in [6.07, 6.45) is 9.70. The van der Waals surface area contributed by atoms with Crippen LogP contribution in [0.3, 0.4) is 0 Å². The largest absolute Gasteiger partial charge is 0.481 e. The number of carbonyl (C=O) groups is 2. The van der Waals surface area contributed by atoms with Gasteiger partial charge in [-0.25, -0.2) is 4.79 Å². The Bertz CT molecular complexity index is 336. The average Bonchev–Trinajstić information content (AvgIpc) is 3.11. The van der Waals surface area contributed by atoms with E-state index in [9.17, 15) is 9.59 Å². The number of carboxylic acid groups (broad SMARTS) is 1. The summed E-state index contributed by atoms with van der Waals surface area (Å²) in [5, 5.41) is 14.5. The van der Waals surface area contributed by atoms with Gasteiger partial charge in [-0.3, -0.25) is 4.79 Å². The normalized spacial score (nSPS) is 20.6. The molecule has 0 spiro atoms. The Morgan fingerprint density at radius 3 is 2.45 bits per heavy atom. The lowest BCUT2D eigenvalue weighted by molar-refractivity contribution is -0.137. The fourth-order valence-electron chi connectivity index (χ4n) is 3.13. The molecule has 0 aliphatic heterocycles. The molecule has 0 saturated heterocycles. The van der Waals surface area contributed by atoms with E-state index in [1.807, 2.05) is 0 Å². The maximum atomic E-state index is 11.7. The minimum absolute atomic E-state index is 0.0279. The van der Waals surface area contributed by atoms with Gasteiger partial charge in [-0.2, -0.15) is 0 Å². The van der Waals surface area contributed by atoms with Crippen LogP contribution in [0.4, 0.5) is 4.79 Å². The molecular weight excluding hydrogens is 256 g/mol. The first-order valence-corrected chi connectivity index (χ1v) is 7.91. The monoisotopic (exact) mass is 282 g/mol. The van der Waals surface area contributed by atoms with Crippen molar-refractivity contribution in [3.05, 3.63) is 0 Å². The molecule has 5 nitrogen and oxygen atoms in total. The Morgan fingerprint density at radius 2 is 1.85 bits per heavy atom. The van der Waals surface area contributed by atoms with Gasteiger partial charge < -0.3 is 15.7 Å². The van der Waals surface area contributed by atoms with Crippen LogP contribution in [0, 0.1) is 11.8 Å². The first kappa shape index (κ1) is 15.1. The van der Waals surface area contributed by atoms with Gasteiger partial charge in [0.15, 0.2) is 0 Å². The van der Waals surface area contributed by atoms with Crippen molar-refractivity contribution in [2.75, 3.05) is 6.54 Å². The molecule has 0 heterocycles. The van der Waals surface area contributed by atoms with Crippen LogP contribution >= 0.6 is 0 Å². The van der Waals surface area contributed by atoms with Gasteiger partial charge in [0.25, 0.3) is 0 Å². The van der Waals surface area contributed by atoms with Crippen molar-refractivity contribution in [3.8, 4) is 0 Å². The highest BCUT2D eigenvalue weighted by Gasteiger charge is 2.33. The Hall–Kier alpha value is -1.26. The van der Waals surface area contributed by atoms with Crippen molar-refractivity contribution in [1.82, 2.24) is 10.6 Å². The highest BCUT2D eigenvalue weighted by atomic mass is 16.4. The summed E-state index contributed by atoms with van der Waals surface area (Å²) in [6.45, 7) is 0.687. The molecule has 0 aromatic rings. The van der Waals surface area contributed by atoms with Crippen LogP contribution < -0.4 is 10.6 Å². The van der Waals surface area contributed by atoms with E-state index in [1.165, 1.54) is 32.1 Å². The summed E-state index contributed by atoms with van der Waals surface area (Å²) in [5.41, 5.74) is 0. The molecule has 0 aromatic carbocycles. The highest BCUT2D eigenvalue weighted by molar-refractivity contribution is 5.75. The number of urea groups is 1. The van der Waals surface area contributed by atoms with E-state index in [1.54, 1.807) is 0 Å². The summed E-state index contributed by atoms with van der Waals surface area (Å²) in [6, 6.07) is -0.420. The number of nitrogens with one attached hydrogen (secondary N) is 2. The third-order valence-corrected chi connectivity index (χ3v) is 4.45. The summed E-state index contributed by atoms with van der Waals surface area (Å²) >= 11 is 0. The Kier molecular flexibility index (Phi) is 5.68. The number of carboxylic acids is 1. The summed E-state index contributed by atoms with van der Waals surface area (Å²) in [4.78, 5) is 22.5. The summed E-state index contributed by atoms with van der Waals surface area (Å²) < 4.78 is 0. The second-order valence-corrected chi connectivity index (χ2v) is 6.23. The Balaban J connectivity index is 1.57. The number of rotatable bonds is 8. The summed E-state index contributed by atoms with van der Waals surface area (Å²) in [7, 11) is 0. The molecule has 3 N–H and O–H groups in total. The predicted octanol–water partition coefficient (Wildman–Crippen LogP) is 2.51. The Labute approximate surface area is 120 Å². The van der Waals surface area contributed by atoms with Gasteiger partial charge in [0.1, 0.15) is 0 Å². The first-order chi connectivity index (χ1) is 9.65. The van der Waals surface area contributed by atoms with Crippen molar-refractivity contribution < 1.29 is 14.7 Å². The highest BCUT2D eigenvalue weighted by Crippen LogP contribution is 2.34. The fraction of sp³-hybridized carbons (Fsp3) is 0.867. The third kappa shape index (κ3) is 5.39. The average molecular weight is 282 g/mol. The molecule has 0 radical (unpaired) electrons. The molecular formula is C15H26N2O3. The van der Waals surface area contributed by atoms with E-state index < -0.39 is 5.97 Å². The number of hydrogen-bond acceptors (Lipinski definition) is 2. The first-order valence-electron chi connectivity index (χ1n) is 7.91. The molecule has 1 unspecified atom stereocenters. The number of hydrogen-bond donors (Lipinski definition) is 3. The number of amides is 2. The minimum Gasteiger partial charge on any atom is -0.481 e. The van der Waals surface area contributed by atoms with Crippen LogP contribution in [-0.2, 0) is 4.79 Å². The molecule has 2 aliphatic rings. The lowest BCUT2D eigenvalue weighted by Crippen LogP contribution is -2.44. The zero-order valence-electron chi connectivity index (χ0n) is 12.1. The van der Waals surface area contributed by atoms with E-state index in [2.05, 4.69) is 10.6 Å². The van der Waals surface area contributed by atoms with E-state index in [4.69, 9.17) is 5.11 Å². The van der Waals surface area contributed by atoms with Gasteiger partial charge in [-0.05, 0) is 37.5 Å². The van der Waals surface area contributed by atoms with Crippen molar-refractivity contribution in [3.63, 3.8) is 0 Å². The Morgan fingerprint density at radius 1 is 1.15 bits per heavy atom. The van der Waals surface area contributed by atoms with E-state index in [0.29, 0.717) is 12.5 Å². The van der Waals surface area contributed by atoms with Gasteiger partial charge in [0, 0.05) is 12.6 Å². The van der Waals surface area contributed by atoms with Gasteiger partial charge >= 0.3 is 12.0 Å². The van der Waals surface area contributed by atoms with E-state index in [-0.39, 0.29) is 18.5 Å². The van der Waals surface area contributed by atoms with Crippen LogP contribution in [0.2, 0.25) is 0 Å². The van der Waals surface area contributed by atoms with Gasteiger partial charge in [-0.1, -0.05) is 25.7 Å². The van der Waals surface area contributed by atoms with Crippen molar-refractivity contribution in [2.45, 2.75) is 63.8 Å². The van der Waals surface area contributed by atoms with E-state index >= 15 is 0 Å². The molecule has 0 bridgehead atoms. The maximum Gasteiger partial charge on any atom is 0.315 e. The fourth-order valence-corrected chi connectivity index (χ4v) is 3.13. The standard InChI is InChI=1S/C15H26N2O3/c18-14(19)10-13(12-7-8-12)17-15(20)16-9-3-6-11-4-1-2-5-11/h11-13H,1-10H2,(H,18,19)(H2,16,17,20). The maximum absolute atomic E-state index is 11.7. The molecule has 1 atom stereocenters. The third-order valence-electron chi connectivity index (χ3n) is 4.45. The predicted molar refractivity (Wildman–Crippen MR) is 76.5 cm³/mol. The van der Waals surface area contributed by atoms with Gasteiger partial charge in [-0.15, -0.1) is 0 Å². The second kappa shape index (κ2) is 7.50. The SMILES string of the molecule is O=C(O)CC(NC(=O)NCCCC1CCCC1)C1CC1. The van der Waals surface area contributed by atoms with Crippen LogP contribution in [0.15, 0.2) is 0 Å². The quantitative estimate of drug-likeness (QED) is 0.598. The second-order valence-electron chi connectivity index (χ2n) is 6.23. The summed E-state index contributed by atoms with van der Waals surface area (Å²) in [5.74, 6) is 0.366.